The highest BCUT2D eigenvalue weighted by atomic mass is 32.1. The van der Waals surface area contributed by atoms with E-state index in [1.54, 1.807) is 18.2 Å². The second-order valence-corrected chi connectivity index (χ2v) is 2.05. The van der Waals surface area contributed by atoms with E-state index in [9.17, 15) is 4.79 Å². The molecule has 48 valence electrons. The Kier molecular flexibility index (Phi) is 1.95. The fourth-order valence-corrected chi connectivity index (χ4v) is 0.673. The number of carbonyl (C=O) groups excluding carboxylic acids is 1. The highest BCUT2D eigenvalue weighted by molar-refractivity contribution is 7.96. The molecule has 0 bridgehead atoms. The lowest BCUT2D eigenvalue weighted by atomic mass is 10.3. The van der Waals surface area contributed by atoms with Crippen molar-refractivity contribution in [1.82, 2.24) is 0 Å². The van der Waals surface area contributed by atoms with Crippen LogP contribution in [0.15, 0.2) is 24.5 Å². The Hall–Kier alpha value is -0.700. The molecule has 0 aliphatic carbocycles. The van der Waals surface area contributed by atoms with E-state index in [0.29, 0.717) is 0 Å². The topological polar surface area (TPSA) is 26.3 Å². The van der Waals surface area contributed by atoms with Crippen molar-refractivity contribution in [2.24, 2.45) is 0 Å². The van der Waals surface area contributed by atoms with Crippen LogP contribution in [0, 0.1) is 0 Å². The monoisotopic (exact) mass is 142 g/mol. The van der Waals surface area contributed by atoms with Crippen LogP contribution in [0.3, 0.4) is 0 Å². The van der Waals surface area contributed by atoms with Crippen LogP contribution >= 0.6 is 12.6 Å². The third kappa shape index (κ3) is 1.61. The van der Waals surface area contributed by atoms with E-state index in [-0.39, 0.29) is 5.12 Å². The smallest absolute Gasteiger partial charge is 0.230 e. The predicted molar refractivity (Wildman–Crippen MR) is 37.1 cm³/mol. The van der Waals surface area contributed by atoms with E-state index in [2.05, 4.69) is 12.6 Å². The SMILES string of the molecule is O=C(S)C1C=CC=CO1. The standard InChI is InChI=1S/C6H6O2S/c7-6(9)5-3-1-2-4-8-5/h1-5H,(H,7,9). The maximum absolute atomic E-state index is 10.5. The third-order valence-electron chi connectivity index (χ3n) is 0.944. The van der Waals surface area contributed by atoms with Crippen LogP contribution in [-0.2, 0) is 9.53 Å². The van der Waals surface area contributed by atoms with Crippen LogP contribution in [0.5, 0.6) is 0 Å². The Balaban J connectivity index is 2.56. The number of rotatable bonds is 1. The molecule has 0 aromatic heterocycles. The van der Waals surface area contributed by atoms with Crippen molar-refractivity contribution >= 4 is 17.7 Å². The minimum absolute atomic E-state index is 0.268. The molecule has 0 saturated carbocycles. The number of hydrogen-bond donors (Lipinski definition) is 1. The van der Waals surface area contributed by atoms with Gasteiger partial charge in [0.1, 0.15) is 0 Å². The molecule has 3 heteroatoms. The first-order valence-electron chi connectivity index (χ1n) is 2.52. The van der Waals surface area contributed by atoms with E-state index in [1.807, 2.05) is 0 Å². The molecule has 0 aromatic carbocycles. The van der Waals surface area contributed by atoms with Gasteiger partial charge < -0.3 is 4.74 Å². The number of allylic oxidation sites excluding steroid dienone is 2. The van der Waals surface area contributed by atoms with Gasteiger partial charge in [-0.05, 0) is 12.2 Å². The zero-order chi connectivity index (χ0) is 6.69. The summed E-state index contributed by atoms with van der Waals surface area (Å²) in [5.74, 6) is 0. The van der Waals surface area contributed by atoms with Gasteiger partial charge in [-0.25, -0.2) is 0 Å². The second kappa shape index (κ2) is 2.73. The van der Waals surface area contributed by atoms with Crippen molar-refractivity contribution in [3.05, 3.63) is 24.5 Å². The maximum Gasteiger partial charge on any atom is 0.230 e. The van der Waals surface area contributed by atoms with Gasteiger partial charge in [-0.2, -0.15) is 0 Å². The molecule has 1 rings (SSSR count). The van der Waals surface area contributed by atoms with Crippen molar-refractivity contribution < 1.29 is 9.53 Å². The van der Waals surface area contributed by atoms with E-state index >= 15 is 0 Å². The van der Waals surface area contributed by atoms with Crippen LogP contribution < -0.4 is 0 Å². The molecule has 0 saturated heterocycles. The number of carbonyl (C=O) groups is 1. The van der Waals surface area contributed by atoms with Gasteiger partial charge in [0, 0.05) is 0 Å². The van der Waals surface area contributed by atoms with Crippen molar-refractivity contribution in [1.29, 1.82) is 0 Å². The van der Waals surface area contributed by atoms with Gasteiger partial charge in [-0.1, -0.05) is 6.08 Å². The van der Waals surface area contributed by atoms with Crippen molar-refractivity contribution in [3.8, 4) is 0 Å². The fourth-order valence-electron chi connectivity index (χ4n) is 0.526. The van der Waals surface area contributed by atoms with Crippen LogP contribution in [0.1, 0.15) is 0 Å². The van der Waals surface area contributed by atoms with Gasteiger partial charge in [0.2, 0.25) is 5.12 Å². The molecule has 0 N–H and O–H groups in total. The first-order valence-corrected chi connectivity index (χ1v) is 2.97. The van der Waals surface area contributed by atoms with Gasteiger partial charge in [-0.15, -0.1) is 12.6 Å². The van der Waals surface area contributed by atoms with Crippen molar-refractivity contribution in [2.75, 3.05) is 0 Å². The molecule has 1 aliphatic heterocycles. The molecule has 0 aromatic rings. The third-order valence-corrected chi connectivity index (χ3v) is 1.20. The predicted octanol–water partition coefficient (Wildman–Crippen LogP) is 0.911. The Morgan fingerprint density at radius 2 is 2.33 bits per heavy atom. The van der Waals surface area contributed by atoms with Gasteiger partial charge in [0.05, 0.1) is 6.26 Å². The van der Waals surface area contributed by atoms with Gasteiger partial charge in [-0.3, -0.25) is 4.79 Å². The van der Waals surface area contributed by atoms with E-state index < -0.39 is 6.10 Å². The zero-order valence-corrected chi connectivity index (χ0v) is 5.54. The average Bonchev–Trinajstić information content (AvgIpc) is 1.90. The number of ether oxygens (including phenoxy) is 1. The van der Waals surface area contributed by atoms with Crippen molar-refractivity contribution in [2.45, 2.75) is 6.10 Å². The fraction of sp³-hybridized carbons (Fsp3) is 0.167. The van der Waals surface area contributed by atoms with E-state index in [1.165, 1.54) is 6.26 Å². The highest BCUT2D eigenvalue weighted by Crippen LogP contribution is 2.04. The molecule has 0 radical (unpaired) electrons. The number of hydrogen-bond acceptors (Lipinski definition) is 2. The van der Waals surface area contributed by atoms with Gasteiger partial charge in [0.15, 0.2) is 6.10 Å². The molecule has 0 fully saturated rings. The first-order chi connectivity index (χ1) is 4.30. The van der Waals surface area contributed by atoms with Gasteiger partial charge in [0.25, 0.3) is 0 Å². The Labute approximate surface area is 58.6 Å². The zero-order valence-electron chi connectivity index (χ0n) is 4.65. The molecule has 0 amide bonds. The maximum atomic E-state index is 10.5. The quantitative estimate of drug-likeness (QED) is 0.551. The van der Waals surface area contributed by atoms with Crippen LogP contribution in [0.4, 0.5) is 0 Å². The summed E-state index contributed by atoms with van der Waals surface area (Å²) in [6.45, 7) is 0. The summed E-state index contributed by atoms with van der Waals surface area (Å²) in [5.41, 5.74) is 0. The largest absolute Gasteiger partial charge is 0.485 e. The van der Waals surface area contributed by atoms with E-state index in [4.69, 9.17) is 4.74 Å². The molecule has 9 heavy (non-hydrogen) atoms. The molecular weight excluding hydrogens is 136 g/mol. The summed E-state index contributed by atoms with van der Waals surface area (Å²) in [5, 5.41) is -0.268. The molecule has 1 atom stereocenters. The first kappa shape index (κ1) is 6.42. The summed E-state index contributed by atoms with van der Waals surface area (Å²) in [6.07, 6.45) is 6.10. The molecule has 1 aliphatic rings. The molecule has 2 nitrogen and oxygen atoms in total. The second-order valence-electron chi connectivity index (χ2n) is 1.61. The normalized spacial score (nSPS) is 23.4. The summed E-state index contributed by atoms with van der Waals surface area (Å²) >= 11 is 3.59. The summed E-state index contributed by atoms with van der Waals surface area (Å²) in [4.78, 5) is 10.5. The minimum Gasteiger partial charge on any atom is -0.485 e. The molecule has 1 heterocycles. The molecular formula is C6H6O2S. The van der Waals surface area contributed by atoms with Crippen molar-refractivity contribution in [3.63, 3.8) is 0 Å². The highest BCUT2D eigenvalue weighted by Gasteiger charge is 2.11. The minimum atomic E-state index is -0.488. The lowest BCUT2D eigenvalue weighted by Crippen LogP contribution is -2.15. The number of thiol groups is 1. The average molecular weight is 142 g/mol. The lowest BCUT2D eigenvalue weighted by molar-refractivity contribution is -0.116. The molecule has 0 spiro atoms. The summed E-state index contributed by atoms with van der Waals surface area (Å²) < 4.78 is 4.85. The Bertz CT molecular complexity index is 172. The van der Waals surface area contributed by atoms with Gasteiger partial charge >= 0.3 is 0 Å². The van der Waals surface area contributed by atoms with Crippen LogP contribution in [-0.4, -0.2) is 11.2 Å². The molecule has 1 unspecified atom stereocenters. The summed E-state index contributed by atoms with van der Waals surface area (Å²) in [6, 6.07) is 0. The Morgan fingerprint density at radius 1 is 1.56 bits per heavy atom. The lowest BCUT2D eigenvalue weighted by Gasteiger charge is -2.09. The summed E-state index contributed by atoms with van der Waals surface area (Å²) in [7, 11) is 0. The van der Waals surface area contributed by atoms with Crippen LogP contribution in [0.25, 0.3) is 0 Å². The Morgan fingerprint density at radius 3 is 2.67 bits per heavy atom. The van der Waals surface area contributed by atoms with Crippen LogP contribution in [0.2, 0.25) is 0 Å². The van der Waals surface area contributed by atoms with E-state index in [0.717, 1.165) is 0 Å².